The van der Waals surface area contributed by atoms with Gasteiger partial charge in [0.15, 0.2) is 5.65 Å². The van der Waals surface area contributed by atoms with Gasteiger partial charge in [0, 0.05) is 49.1 Å². The highest BCUT2D eigenvalue weighted by atomic mass is 16.5. The van der Waals surface area contributed by atoms with E-state index in [-0.39, 0.29) is 0 Å². The molecule has 1 aliphatic rings. The summed E-state index contributed by atoms with van der Waals surface area (Å²) in [7, 11) is 1.57. The van der Waals surface area contributed by atoms with Crippen LogP contribution in [0.1, 0.15) is 35.7 Å². The van der Waals surface area contributed by atoms with Crippen molar-refractivity contribution in [2.75, 3.05) is 25.9 Å². The third kappa shape index (κ3) is 3.32. The molecule has 0 saturated carbocycles. The monoisotopic (exact) mass is 353 g/mol. The molecule has 1 fully saturated rings. The molecule has 3 aromatic heterocycles. The second-order valence-corrected chi connectivity index (χ2v) is 6.81. The summed E-state index contributed by atoms with van der Waals surface area (Å²) in [5.41, 5.74) is 10.1. The van der Waals surface area contributed by atoms with Crippen molar-refractivity contribution in [2.24, 2.45) is 0 Å². The average molecular weight is 353 g/mol. The molecule has 26 heavy (non-hydrogen) atoms. The number of aryl methyl sites for hydroxylation is 1. The van der Waals surface area contributed by atoms with Gasteiger partial charge in [0.1, 0.15) is 5.82 Å². The van der Waals surface area contributed by atoms with Crippen LogP contribution in [0.2, 0.25) is 0 Å². The van der Waals surface area contributed by atoms with Crippen molar-refractivity contribution in [3.63, 3.8) is 0 Å². The third-order valence-electron chi connectivity index (χ3n) is 4.79. The zero-order valence-corrected chi connectivity index (χ0v) is 15.1. The molecule has 3 aromatic rings. The van der Waals surface area contributed by atoms with E-state index in [4.69, 9.17) is 15.5 Å². The molecule has 1 atom stereocenters. The van der Waals surface area contributed by atoms with Gasteiger partial charge in [-0.25, -0.2) is 15.0 Å². The van der Waals surface area contributed by atoms with Crippen LogP contribution in [0.4, 0.5) is 5.82 Å². The highest BCUT2D eigenvalue weighted by Crippen LogP contribution is 2.28. The number of nitrogen functional groups attached to an aromatic ring is 1. The van der Waals surface area contributed by atoms with E-state index in [1.807, 2.05) is 31.5 Å². The Labute approximate surface area is 152 Å². The van der Waals surface area contributed by atoms with Crippen molar-refractivity contribution in [3.8, 4) is 6.01 Å². The Morgan fingerprint density at radius 1 is 1.27 bits per heavy atom. The zero-order chi connectivity index (χ0) is 18.1. The van der Waals surface area contributed by atoms with Crippen molar-refractivity contribution in [2.45, 2.75) is 32.2 Å². The first-order chi connectivity index (χ1) is 12.6. The highest BCUT2D eigenvalue weighted by Gasteiger charge is 2.23. The lowest BCUT2D eigenvalue weighted by atomic mass is 9.94. The summed E-state index contributed by atoms with van der Waals surface area (Å²) in [6.07, 6.45) is 5.90. The second kappa shape index (κ2) is 6.87. The number of anilines is 1. The van der Waals surface area contributed by atoms with Crippen LogP contribution in [0.15, 0.2) is 24.5 Å². The topological polar surface area (TPSA) is 94.5 Å². The number of nitrogens with zero attached hydrogens (tertiary/aromatic N) is 6. The molecule has 0 aromatic carbocycles. The number of hydrogen-bond donors (Lipinski definition) is 1. The summed E-state index contributed by atoms with van der Waals surface area (Å²) < 4.78 is 6.72. The van der Waals surface area contributed by atoms with Gasteiger partial charge < -0.3 is 10.5 Å². The number of fused-ring (bicyclic) bond motifs is 1. The molecular weight excluding hydrogens is 330 g/mol. The first-order valence-electron chi connectivity index (χ1n) is 8.82. The number of piperidine rings is 1. The molecule has 0 aliphatic carbocycles. The number of hydrogen-bond acceptors (Lipinski definition) is 7. The molecule has 136 valence electrons. The molecule has 8 heteroatoms. The molecule has 0 bridgehead atoms. The maximum atomic E-state index is 6.18. The van der Waals surface area contributed by atoms with E-state index < -0.39 is 0 Å². The van der Waals surface area contributed by atoms with Crippen molar-refractivity contribution in [1.29, 1.82) is 0 Å². The molecule has 0 amide bonds. The predicted molar refractivity (Wildman–Crippen MR) is 98.0 cm³/mol. The molecule has 0 unspecified atom stereocenters. The van der Waals surface area contributed by atoms with Gasteiger partial charge in [0.2, 0.25) is 0 Å². The molecular formula is C18H23N7O. The molecule has 4 heterocycles. The Hall–Kier alpha value is -2.74. The quantitative estimate of drug-likeness (QED) is 0.764. The van der Waals surface area contributed by atoms with Gasteiger partial charge in [-0.3, -0.25) is 4.90 Å². The standard InChI is InChI=1S/C18H23N7O/c1-12-6-17-22-15(7-16(19)25(17)23-12)14-4-3-5-24(11-14)10-13-8-20-18(26-2)21-9-13/h6-9,14H,3-5,10-11,19H2,1-2H3/t14-/m1/s1. The van der Waals surface area contributed by atoms with E-state index in [1.54, 1.807) is 11.6 Å². The van der Waals surface area contributed by atoms with Gasteiger partial charge in [-0.2, -0.15) is 9.61 Å². The normalized spacial score (nSPS) is 18.3. The predicted octanol–water partition coefficient (Wildman–Crippen LogP) is 1.80. The van der Waals surface area contributed by atoms with Crippen molar-refractivity contribution >= 4 is 11.5 Å². The fraction of sp³-hybridized carbons (Fsp3) is 0.444. The SMILES string of the molecule is COc1ncc(CN2CCC[C@@H](c3cc(N)n4nc(C)cc4n3)C2)cn1. The van der Waals surface area contributed by atoms with Crippen LogP contribution in [-0.2, 0) is 6.54 Å². The zero-order valence-electron chi connectivity index (χ0n) is 15.1. The third-order valence-corrected chi connectivity index (χ3v) is 4.79. The van der Waals surface area contributed by atoms with Crippen molar-refractivity contribution in [3.05, 3.63) is 41.5 Å². The number of aromatic nitrogens is 5. The van der Waals surface area contributed by atoms with Gasteiger partial charge in [0.25, 0.3) is 0 Å². The van der Waals surface area contributed by atoms with Crippen LogP contribution in [0.3, 0.4) is 0 Å². The van der Waals surface area contributed by atoms with E-state index in [2.05, 4.69) is 20.0 Å². The molecule has 0 spiro atoms. The Kier molecular flexibility index (Phi) is 4.42. The van der Waals surface area contributed by atoms with Crippen LogP contribution in [0.25, 0.3) is 5.65 Å². The fourth-order valence-corrected chi connectivity index (χ4v) is 3.57. The van der Waals surface area contributed by atoms with Gasteiger partial charge in [0.05, 0.1) is 18.5 Å². The Balaban J connectivity index is 1.51. The number of likely N-dealkylation sites (tertiary alicyclic amines) is 1. The first kappa shape index (κ1) is 16.7. The van der Waals surface area contributed by atoms with E-state index in [0.29, 0.717) is 17.7 Å². The summed E-state index contributed by atoms with van der Waals surface area (Å²) >= 11 is 0. The summed E-state index contributed by atoms with van der Waals surface area (Å²) in [6.45, 7) is 4.78. The summed E-state index contributed by atoms with van der Waals surface area (Å²) in [5, 5.41) is 4.38. The van der Waals surface area contributed by atoms with E-state index >= 15 is 0 Å². The van der Waals surface area contributed by atoms with Crippen molar-refractivity contribution < 1.29 is 4.74 Å². The lowest BCUT2D eigenvalue weighted by Gasteiger charge is -2.32. The molecule has 0 radical (unpaired) electrons. The van der Waals surface area contributed by atoms with Crippen molar-refractivity contribution in [1.82, 2.24) is 29.5 Å². The molecule has 1 saturated heterocycles. The van der Waals surface area contributed by atoms with Crippen LogP contribution in [0.5, 0.6) is 6.01 Å². The largest absolute Gasteiger partial charge is 0.467 e. The second-order valence-electron chi connectivity index (χ2n) is 6.81. The van der Waals surface area contributed by atoms with E-state index in [1.165, 1.54) is 0 Å². The lowest BCUT2D eigenvalue weighted by molar-refractivity contribution is 0.198. The van der Waals surface area contributed by atoms with E-state index in [0.717, 1.165) is 55.1 Å². The highest BCUT2D eigenvalue weighted by molar-refractivity contribution is 5.48. The number of nitrogens with two attached hydrogens (primary N) is 1. The average Bonchev–Trinajstić information content (AvgIpc) is 3.03. The smallest absolute Gasteiger partial charge is 0.316 e. The fourth-order valence-electron chi connectivity index (χ4n) is 3.57. The Bertz CT molecular complexity index is 906. The molecule has 4 rings (SSSR count). The molecule has 1 aliphatic heterocycles. The minimum absolute atomic E-state index is 0.366. The van der Waals surface area contributed by atoms with Gasteiger partial charge in [-0.1, -0.05) is 0 Å². The maximum absolute atomic E-state index is 6.18. The lowest BCUT2D eigenvalue weighted by Crippen LogP contribution is -2.34. The minimum atomic E-state index is 0.366. The molecule has 8 nitrogen and oxygen atoms in total. The maximum Gasteiger partial charge on any atom is 0.316 e. The van der Waals surface area contributed by atoms with Crippen LogP contribution < -0.4 is 10.5 Å². The minimum Gasteiger partial charge on any atom is -0.467 e. The van der Waals surface area contributed by atoms with E-state index in [9.17, 15) is 0 Å². The van der Waals surface area contributed by atoms with Gasteiger partial charge in [-0.05, 0) is 26.3 Å². The summed E-state index contributed by atoms with van der Waals surface area (Å²) in [4.78, 5) is 15.6. The van der Waals surface area contributed by atoms with Gasteiger partial charge in [-0.15, -0.1) is 0 Å². The van der Waals surface area contributed by atoms with Crippen LogP contribution in [-0.4, -0.2) is 49.7 Å². The Morgan fingerprint density at radius 2 is 2.08 bits per heavy atom. The van der Waals surface area contributed by atoms with Crippen LogP contribution >= 0.6 is 0 Å². The number of methoxy groups -OCH3 is 1. The molecule has 2 N–H and O–H groups in total. The number of ether oxygens (including phenoxy) is 1. The summed E-state index contributed by atoms with van der Waals surface area (Å²) in [6, 6.07) is 4.33. The Morgan fingerprint density at radius 3 is 2.85 bits per heavy atom. The first-order valence-corrected chi connectivity index (χ1v) is 8.82. The summed E-state index contributed by atoms with van der Waals surface area (Å²) in [5.74, 6) is 1.00. The van der Waals surface area contributed by atoms with Crippen LogP contribution in [0, 0.1) is 6.92 Å². The van der Waals surface area contributed by atoms with Gasteiger partial charge >= 0.3 is 6.01 Å². The number of rotatable bonds is 4.